The number of carbonyl (C=O) groups excluding carboxylic acids is 2. The van der Waals surface area contributed by atoms with Crippen molar-refractivity contribution in [2.45, 2.75) is 53.4 Å². The zero-order valence-electron chi connectivity index (χ0n) is 14.0. The summed E-state index contributed by atoms with van der Waals surface area (Å²) in [5, 5.41) is 5.61. The van der Waals surface area contributed by atoms with Crippen LogP contribution in [-0.2, 0) is 14.3 Å². The molecule has 0 saturated heterocycles. The Labute approximate surface area is 129 Å². The zero-order chi connectivity index (χ0) is 16.1. The molecule has 0 aliphatic carbocycles. The molecule has 0 spiro atoms. The number of hydrogen-bond acceptors (Lipinski definition) is 3. The van der Waals surface area contributed by atoms with Crippen LogP contribution in [0.2, 0.25) is 0 Å². The molecule has 124 valence electrons. The summed E-state index contributed by atoms with van der Waals surface area (Å²) in [7, 11) is 0. The van der Waals surface area contributed by atoms with Crippen molar-refractivity contribution in [3.05, 3.63) is 0 Å². The molecule has 0 unspecified atom stereocenters. The first-order chi connectivity index (χ1) is 9.93. The summed E-state index contributed by atoms with van der Waals surface area (Å²) < 4.78 is 5.34. The minimum Gasteiger partial charge on any atom is -0.378 e. The number of hydrogen-bond donors (Lipinski definition) is 2. The van der Waals surface area contributed by atoms with Crippen LogP contribution in [0.1, 0.15) is 53.4 Å². The Kier molecular flexibility index (Phi) is 12.0. The Morgan fingerprint density at radius 3 is 2.14 bits per heavy atom. The Morgan fingerprint density at radius 2 is 1.57 bits per heavy atom. The summed E-state index contributed by atoms with van der Waals surface area (Å²) in [4.78, 5) is 22.8. The van der Waals surface area contributed by atoms with E-state index >= 15 is 0 Å². The SMILES string of the molecule is CC(C)CCCCC(=O)NCCOCCNC(=O)C(C)C. The van der Waals surface area contributed by atoms with E-state index in [0.29, 0.717) is 38.6 Å². The maximum Gasteiger partial charge on any atom is 0.222 e. The van der Waals surface area contributed by atoms with Gasteiger partial charge in [-0.15, -0.1) is 0 Å². The third-order valence-corrected chi connectivity index (χ3v) is 3.07. The van der Waals surface area contributed by atoms with Gasteiger partial charge in [0.15, 0.2) is 0 Å². The molecule has 5 nitrogen and oxygen atoms in total. The van der Waals surface area contributed by atoms with Gasteiger partial charge in [-0.1, -0.05) is 40.5 Å². The molecule has 0 radical (unpaired) electrons. The average molecular weight is 300 g/mol. The number of carbonyl (C=O) groups is 2. The molecule has 0 atom stereocenters. The molecule has 2 N–H and O–H groups in total. The summed E-state index contributed by atoms with van der Waals surface area (Å²) in [6.45, 7) is 10.1. The molecule has 0 fully saturated rings. The lowest BCUT2D eigenvalue weighted by molar-refractivity contribution is -0.124. The van der Waals surface area contributed by atoms with Crippen LogP contribution in [0.15, 0.2) is 0 Å². The van der Waals surface area contributed by atoms with E-state index in [9.17, 15) is 9.59 Å². The van der Waals surface area contributed by atoms with Gasteiger partial charge < -0.3 is 15.4 Å². The lowest BCUT2D eigenvalue weighted by atomic mass is 10.1. The smallest absolute Gasteiger partial charge is 0.222 e. The standard InChI is InChI=1S/C16H32N2O3/c1-13(2)7-5-6-8-15(19)17-9-11-21-12-10-18-16(20)14(3)4/h13-14H,5-12H2,1-4H3,(H,17,19)(H,18,20). The van der Waals surface area contributed by atoms with E-state index in [0.717, 1.165) is 12.8 Å². The second-order valence-corrected chi connectivity index (χ2v) is 6.05. The predicted molar refractivity (Wildman–Crippen MR) is 85.0 cm³/mol. The number of rotatable bonds is 12. The third kappa shape index (κ3) is 13.6. The summed E-state index contributed by atoms with van der Waals surface area (Å²) in [6, 6.07) is 0. The van der Waals surface area contributed by atoms with Gasteiger partial charge in [0.1, 0.15) is 0 Å². The van der Waals surface area contributed by atoms with Gasteiger partial charge in [0.2, 0.25) is 11.8 Å². The maximum absolute atomic E-state index is 11.5. The van der Waals surface area contributed by atoms with E-state index in [2.05, 4.69) is 24.5 Å². The van der Waals surface area contributed by atoms with Crippen molar-refractivity contribution in [3.63, 3.8) is 0 Å². The molecule has 0 saturated carbocycles. The van der Waals surface area contributed by atoms with Crippen LogP contribution in [0.5, 0.6) is 0 Å². The van der Waals surface area contributed by atoms with Crippen LogP contribution < -0.4 is 10.6 Å². The van der Waals surface area contributed by atoms with Crippen LogP contribution in [-0.4, -0.2) is 38.1 Å². The molecular weight excluding hydrogens is 268 g/mol. The lowest BCUT2D eigenvalue weighted by Crippen LogP contribution is -2.32. The Bertz CT molecular complexity index is 291. The minimum absolute atomic E-state index is 0.0000149. The second kappa shape index (κ2) is 12.6. The number of unbranched alkanes of at least 4 members (excludes halogenated alkanes) is 1. The molecule has 0 aromatic carbocycles. The van der Waals surface area contributed by atoms with E-state index in [-0.39, 0.29) is 17.7 Å². The molecule has 0 aliphatic heterocycles. The molecule has 0 heterocycles. The monoisotopic (exact) mass is 300 g/mol. The number of ether oxygens (including phenoxy) is 1. The van der Waals surface area contributed by atoms with Gasteiger partial charge in [-0.2, -0.15) is 0 Å². The number of nitrogens with one attached hydrogen (secondary N) is 2. The fraction of sp³-hybridized carbons (Fsp3) is 0.875. The third-order valence-electron chi connectivity index (χ3n) is 3.07. The highest BCUT2D eigenvalue weighted by Crippen LogP contribution is 2.07. The van der Waals surface area contributed by atoms with Crippen molar-refractivity contribution < 1.29 is 14.3 Å². The van der Waals surface area contributed by atoms with Gasteiger partial charge in [0, 0.05) is 25.4 Å². The first-order valence-electron chi connectivity index (χ1n) is 8.05. The van der Waals surface area contributed by atoms with Crippen molar-refractivity contribution in [2.75, 3.05) is 26.3 Å². The molecule has 0 aliphatic rings. The topological polar surface area (TPSA) is 67.4 Å². The quantitative estimate of drug-likeness (QED) is 0.542. The Balaban J connectivity index is 3.31. The fourth-order valence-corrected chi connectivity index (χ4v) is 1.74. The van der Waals surface area contributed by atoms with Crippen molar-refractivity contribution in [2.24, 2.45) is 11.8 Å². The van der Waals surface area contributed by atoms with Gasteiger partial charge in [0.05, 0.1) is 13.2 Å². The zero-order valence-corrected chi connectivity index (χ0v) is 14.0. The van der Waals surface area contributed by atoms with E-state index in [1.54, 1.807) is 0 Å². The first kappa shape index (κ1) is 19.9. The van der Waals surface area contributed by atoms with Gasteiger partial charge in [-0.25, -0.2) is 0 Å². The van der Waals surface area contributed by atoms with E-state index < -0.39 is 0 Å². The first-order valence-corrected chi connectivity index (χ1v) is 8.05. The van der Waals surface area contributed by atoms with Crippen molar-refractivity contribution in [1.29, 1.82) is 0 Å². The summed E-state index contributed by atoms with van der Waals surface area (Å²) >= 11 is 0. The summed E-state index contributed by atoms with van der Waals surface area (Å²) in [5.74, 6) is 0.835. The van der Waals surface area contributed by atoms with E-state index in [4.69, 9.17) is 4.74 Å². The van der Waals surface area contributed by atoms with Crippen LogP contribution in [0.4, 0.5) is 0 Å². The highest BCUT2D eigenvalue weighted by atomic mass is 16.5. The molecule has 0 bridgehead atoms. The van der Waals surface area contributed by atoms with Gasteiger partial charge in [-0.3, -0.25) is 9.59 Å². The maximum atomic E-state index is 11.5. The Morgan fingerprint density at radius 1 is 0.952 bits per heavy atom. The van der Waals surface area contributed by atoms with Crippen molar-refractivity contribution in [3.8, 4) is 0 Å². The predicted octanol–water partition coefficient (Wildman–Crippen LogP) is 2.11. The minimum atomic E-state index is -0.0000149. The highest BCUT2D eigenvalue weighted by Gasteiger charge is 2.05. The van der Waals surface area contributed by atoms with Gasteiger partial charge in [-0.05, 0) is 12.3 Å². The van der Waals surface area contributed by atoms with Crippen molar-refractivity contribution in [1.82, 2.24) is 10.6 Å². The highest BCUT2D eigenvalue weighted by molar-refractivity contribution is 5.77. The van der Waals surface area contributed by atoms with Gasteiger partial charge in [0.25, 0.3) is 0 Å². The summed E-state index contributed by atoms with van der Waals surface area (Å²) in [5.41, 5.74) is 0. The fourth-order valence-electron chi connectivity index (χ4n) is 1.74. The molecule has 0 aromatic heterocycles. The molecule has 0 aromatic rings. The molecule has 21 heavy (non-hydrogen) atoms. The van der Waals surface area contributed by atoms with E-state index in [1.807, 2.05) is 13.8 Å². The van der Waals surface area contributed by atoms with Crippen LogP contribution in [0.25, 0.3) is 0 Å². The Hall–Kier alpha value is -1.10. The van der Waals surface area contributed by atoms with Crippen LogP contribution in [0, 0.1) is 11.8 Å². The van der Waals surface area contributed by atoms with Crippen molar-refractivity contribution >= 4 is 11.8 Å². The second-order valence-electron chi connectivity index (χ2n) is 6.05. The average Bonchev–Trinajstić information content (AvgIpc) is 2.41. The molecule has 5 heteroatoms. The van der Waals surface area contributed by atoms with Crippen LogP contribution in [0.3, 0.4) is 0 Å². The van der Waals surface area contributed by atoms with Gasteiger partial charge >= 0.3 is 0 Å². The van der Waals surface area contributed by atoms with Crippen LogP contribution >= 0.6 is 0 Å². The largest absolute Gasteiger partial charge is 0.378 e. The normalized spacial score (nSPS) is 11.0. The summed E-state index contributed by atoms with van der Waals surface area (Å²) in [6.07, 6.45) is 3.83. The number of amides is 2. The van der Waals surface area contributed by atoms with E-state index in [1.165, 1.54) is 6.42 Å². The molecule has 2 amide bonds. The molecule has 0 rings (SSSR count). The lowest BCUT2D eigenvalue weighted by Gasteiger charge is -2.09. The molecular formula is C16H32N2O3.